The molecule has 0 saturated heterocycles. The summed E-state index contributed by atoms with van der Waals surface area (Å²) < 4.78 is 0. The van der Waals surface area contributed by atoms with Crippen molar-refractivity contribution < 1.29 is 4.79 Å². The minimum atomic E-state index is -0.904. The van der Waals surface area contributed by atoms with Gasteiger partial charge in [-0.3, -0.25) is 4.79 Å². The van der Waals surface area contributed by atoms with E-state index in [2.05, 4.69) is 4.90 Å². The van der Waals surface area contributed by atoms with E-state index in [9.17, 15) is 4.79 Å². The number of likely N-dealkylation sites (N-methyl/N-ethyl adjacent to an activating group) is 1. The molecule has 4 heteroatoms. The summed E-state index contributed by atoms with van der Waals surface area (Å²) >= 11 is 0. The van der Waals surface area contributed by atoms with E-state index in [-0.39, 0.29) is 0 Å². The van der Waals surface area contributed by atoms with Crippen molar-refractivity contribution in [3.05, 3.63) is 0 Å². The van der Waals surface area contributed by atoms with Crippen LogP contribution in [0.15, 0.2) is 0 Å². The summed E-state index contributed by atoms with van der Waals surface area (Å²) in [4.78, 5) is 13.1. The number of primary amides is 1. The minimum Gasteiger partial charge on any atom is -0.368 e. The molecule has 4 N–H and O–H groups in total. The van der Waals surface area contributed by atoms with Crippen LogP contribution in [0.4, 0.5) is 0 Å². The van der Waals surface area contributed by atoms with Gasteiger partial charge in [0.25, 0.3) is 0 Å². The smallest absolute Gasteiger partial charge is 0.238 e. The van der Waals surface area contributed by atoms with E-state index in [1.165, 1.54) is 19.3 Å². The van der Waals surface area contributed by atoms with Gasteiger partial charge in [-0.15, -0.1) is 0 Å². The first-order valence-electron chi connectivity index (χ1n) is 5.19. The minimum absolute atomic E-state index is 0.432. The van der Waals surface area contributed by atoms with Crippen LogP contribution in [0.25, 0.3) is 0 Å². The van der Waals surface area contributed by atoms with Crippen LogP contribution < -0.4 is 11.5 Å². The van der Waals surface area contributed by atoms with Crippen LogP contribution in [0.3, 0.4) is 0 Å². The fourth-order valence-corrected chi connectivity index (χ4v) is 1.82. The molecule has 1 unspecified atom stereocenters. The van der Waals surface area contributed by atoms with E-state index >= 15 is 0 Å². The lowest BCUT2D eigenvalue weighted by Gasteiger charge is -2.33. The molecule has 0 spiro atoms. The van der Waals surface area contributed by atoms with Crippen molar-refractivity contribution in [3.8, 4) is 0 Å². The number of hydrogen-bond acceptors (Lipinski definition) is 3. The Labute approximate surface area is 85.6 Å². The monoisotopic (exact) mass is 199 g/mol. The van der Waals surface area contributed by atoms with E-state index in [0.717, 1.165) is 12.5 Å². The number of nitrogens with two attached hydrogens (primary N) is 2. The molecule has 1 fully saturated rings. The Morgan fingerprint density at radius 1 is 1.57 bits per heavy atom. The van der Waals surface area contributed by atoms with Crippen molar-refractivity contribution in [3.63, 3.8) is 0 Å². The molecule has 14 heavy (non-hydrogen) atoms. The molecule has 0 aliphatic heterocycles. The van der Waals surface area contributed by atoms with Crippen LogP contribution in [0, 0.1) is 5.92 Å². The molecule has 1 amide bonds. The van der Waals surface area contributed by atoms with Gasteiger partial charge in [-0.25, -0.2) is 0 Å². The third kappa shape index (κ3) is 2.96. The van der Waals surface area contributed by atoms with E-state index in [4.69, 9.17) is 11.5 Å². The largest absolute Gasteiger partial charge is 0.368 e. The lowest BCUT2D eigenvalue weighted by atomic mass is 9.85. The van der Waals surface area contributed by atoms with E-state index in [0.29, 0.717) is 6.54 Å². The van der Waals surface area contributed by atoms with Crippen LogP contribution in [0.1, 0.15) is 26.2 Å². The predicted molar refractivity (Wildman–Crippen MR) is 56.6 cm³/mol. The summed E-state index contributed by atoms with van der Waals surface area (Å²) in [6.45, 7) is 3.26. The molecule has 1 saturated carbocycles. The fraction of sp³-hybridized carbons (Fsp3) is 0.900. The normalized spacial score (nSPS) is 21.7. The fourth-order valence-electron chi connectivity index (χ4n) is 1.82. The topological polar surface area (TPSA) is 72.3 Å². The zero-order valence-corrected chi connectivity index (χ0v) is 9.12. The van der Waals surface area contributed by atoms with Gasteiger partial charge in [-0.1, -0.05) is 6.42 Å². The number of carbonyl (C=O) groups excluding carboxylic acids is 1. The molecule has 4 nitrogen and oxygen atoms in total. The standard InChI is InChI=1S/C10H21N3O/c1-10(12,9(11)14)7-13(2)6-8-4-3-5-8/h8H,3-7,12H2,1-2H3,(H2,11,14). The summed E-state index contributed by atoms with van der Waals surface area (Å²) in [5.41, 5.74) is 10.1. The summed E-state index contributed by atoms with van der Waals surface area (Å²) in [6.07, 6.45) is 3.96. The van der Waals surface area contributed by atoms with Gasteiger partial charge >= 0.3 is 0 Å². The lowest BCUT2D eigenvalue weighted by molar-refractivity contribution is -0.123. The third-order valence-corrected chi connectivity index (χ3v) is 2.96. The molecule has 0 heterocycles. The van der Waals surface area contributed by atoms with Crippen LogP contribution in [-0.4, -0.2) is 36.5 Å². The Kier molecular flexibility index (Phi) is 3.50. The van der Waals surface area contributed by atoms with Gasteiger partial charge in [0, 0.05) is 13.1 Å². The Balaban J connectivity index is 2.30. The molecule has 0 aromatic carbocycles. The summed E-state index contributed by atoms with van der Waals surface area (Å²) in [6, 6.07) is 0. The lowest BCUT2D eigenvalue weighted by Crippen LogP contribution is -2.56. The summed E-state index contributed by atoms with van der Waals surface area (Å²) in [5, 5.41) is 0. The van der Waals surface area contributed by atoms with Gasteiger partial charge in [0.15, 0.2) is 0 Å². The SMILES string of the molecule is CN(CC1CCC1)CC(C)(N)C(N)=O. The Bertz CT molecular complexity index is 211. The summed E-state index contributed by atoms with van der Waals surface area (Å²) in [7, 11) is 1.99. The quantitative estimate of drug-likeness (QED) is 0.650. The molecular formula is C10H21N3O. The van der Waals surface area contributed by atoms with Crippen molar-refractivity contribution in [2.45, 2.75) is 31.7 Å². The zero-order chi connectivity index (χ0) is 10.8. The molecule has 1 atom stereocenters. The highest BCUT2D eigenvalue weighted by Crippen LogP contribution is 2.26. The van der Waals surface area contributed by atoms with Crippen molar-refractivity contribution >= 4 is 5.91 Å². The second kappa shape index (κ2) is 4.28. The zero-order valence-electron chi connectivity index (χ0n) is 9.12. The van der Waals surface area contributed by atoms with Gasteiger partial charge in [0.1, 0.15) is 5.54 Å². The molecular weight excluding hydrogens is 178 g/mol. The number of hydrogen-bond donors (Lipinski definition) is 2. The maximum Gasteiger partial charge on any atom is 0.238 e. The Morgan fingerprint density at radius 2 is 2.14 bits per heavy atom. The van der Waals surface area contributed by atoms with Gasteiger partial charge in [0.2, 0.25) is 5.91 Å². The number of nitrogens with zero attached hydrogens (tertiary/aromatic N) is 1. The number of amides is 1. The van der Waals surface area contributed by atoms with Crippen LogP contribution >= 0.6 is 0 Å². The maximum atomic E-state index is 11.0. The molecule has 1 rings (SSSR count). The number of rotatable bonds is 5. The van der Waals surface area contributed by atoms with Gasteiger partial charge in [0.05, 0.1) is 0 Å². The second-order valence-corrected chi connectivity index (χ2v) is 4.78. The second-order valence-electron chi connectivity index (χ2n) is 4.78. The van der Waals surface area contributed by atoms with E-state index in [1.54, 1.807) is 6.92 Å². The molecule has 0 bridgehead atoms. The molecule has 0 aromatic heterocycles. The highest BCUT2D eigenvalue weighted by molar-refractivity contribution is 5.84. The molecule has 82 valence electrons. The van der Waals surface area contributed by atoms with Gasteiger partial charge in [-0.05, 0) is 32.7 Å². The van der Waals surface area contributed by atoms with Crippen molar-refractivity contribution in [1.29, 1.82) is 0 Å². The average Bonchev–Trinajstić information content (AvgIpc) is 1.96. The predicted octanol–water partition coefficient (Wildman–Crippen LogP) is -0.0790. The van der Waals surface area contributed by atoms with E-state index < -0.39 is 11.4 Å². The Morgan fingerprint density at radius 3 is 2.50 bits per heavy atom. The first kappa shape index (κ1) is 11.5. The molecule has 0 radical (unpaired) electrons. The first-order valence-corrected chi connectivity index (χ1v) is 5.19. The van der Waals surface area contributed by atoms with Crippen molar-refractivity contribution in [2.24, 2.45) is 17.4 Å². The van der Waals surface area contributed by atoms with E-state index in [1.807, 2.05) is 7.05 Å². The van der Waals surface area contributed by atoms with Crippen LogP contribution in [0.5, 0.6) is 0 Å². The maximum absolute atomic E-state index is 11.0. The first-order chi connectivity index (χ1) is 6.42. The van der Waals surface area contributed by atoms with Crippen molar-refractivity contribution in [1.82, 2.24) is 4.90 Å². The van der Waals surface area contributed by atoms with Crippen LogP contribution in [-0.2, 0) is 4.79 Å². The highest BCUT2D eigenvalue weighted by Gasteiger charge is 2.28. The molecule has 1 aliphatic carbocycles. The highest BCUT2D eigenvalue weighted by atomic mass is 16.1. The Hall–Kier alpha value is -0.610. The average molecular weight is 199 g/mol. The van der Waals surface area contributed by atoms with Gasteiger partial charge in [-0.2, -0.15) is 0 Å². The number of carbonyl (C=O) groups is 1. The molecule has 1 aliphatic rings. The molecule has 0 aromatic rings. The van der Waals surface area contributed by atoms with Crippen molar-refractivity contribution in [2.75, 3.05) is 20.1 Å². The van der Waals surface area contributed by atoms with Crippen LogP contribution in [0.2, 0.25) is 0 Å². The van der Waals surface area contributed by atoms with Gasteiger partial charge < -0.3 is 16.4 Å². The third-order valence-electron chi connectivity index (χ3n) is 2.96. The summed E-state index contributed by atoms with van der Waals surface area (Å²) in [5.74, 6) is 0.363.